The zero-order valence-corrected chi connectivity index (χ0v) is 13.6. The van der Waals surface area contributed by atoms with Gasteiger partial charge in [0.1, 0.15) is 5.15 Å². The topological polar surface area (TPSA) is 72.0 Å². The van der Waals surface area contributed by atoms with Crippen LogP contribution in [0.2, 0.25) is 5.15 Å². The van der Waals surface area contributed by atoms with Gasteiger partial charge in [-0.05, 0) is 30.7 Å². The second-order valence-electron chi connectivity index (χ2n) is 4.04. The van der Waals surface area contributed by atoms with Gasteiger partial charge in [-0.3, -0.25) is 0 Å². The Morgan fingerprint density at radius 1 is 1.25 bits per heavy atom. The predicted octanol–water partition coefficient (Wildman–Crippen LogP) is 3.13. The second-order valence-corrected chi connectivity index (χ2v) is 6.67. The van der Waals surface area contributed by atoms with E-state index in [1.807, 2.05) is 0 Å². The first-order chi connectivity index (χ1) is 9.40. The normalized spacial score (nSPS) is 11.3. The van der Waals surface area contributed by atoms with Crippen molar-refractivity contribution >= 4 is 43.5 Å². The summed E-state index contributed by atoms with van der Waals surface area (Å²) in [6, 6.07) is 8.05. The first kappa shape index (κ1) is 15.2. The standard InChI is InChI=1S/C12H11BrClN3O2S/c1-8-6-11(14)16-12(15-8)17-20(18,19)10-4-2-9(7-13)3-5-10/h2-6H,7H2,1H3,(H,15,16,17). The average molecular weight is 377 g/mol. The van der Waals surface area contributed by atoms with Gasteiger partial charge in [-0.2, -0.15) is 0 Å². The number of hydrogen-bond donors (Lipinski definition) is 1. The minimum atomic E-state index is -3.72. The molecule has 0 spiro atoms. The van der Waals surface area contributed by atoms with Crippen LogP contribution in [0.5, 0.6) is 0 Å². The van der Waals surface area contributed by atoms with E-state index < -0.39 is 10.0 Å². The number of anilines is 1. The summed E-state index contributed by atoms with van der Waals surface area (Å²) in [5, 5.41) is 0.849. The van der Waals surface area contributed by atoms with E-state index in [9.17, 15) is 8.42 Å². The summed E-state index contributed by atoms with van der Waals surface area (Å²) in [5.74, 6) is -0.0421. The van der Waals surface area contributed by atoms with Crippen LogP contribution < -0.4 is 4.72 Å². The third-order valence-electron chi connectivity index (χ3n) is 2.44. The number of sulfonamides is 1. The highest BCUT2D eigenvalue weighted by atomic mass is 79.9. The number of alkyl halides is 1. The van der Waals surface area contributed by atoms with Crippen LogP contribution in [0.15, 0.2) is 35.2 Å². The minimum Gasteiger partial charge on any atom is -0.247 e. The molecule has 0 atom stereocenters. The molecule has 1 N–H and O–H groups in total. The van der Waals surface area contributed by atoms with Gasteiger partial charge in [0.25, 0.3) is 10.0 Å². The number of benzene rings is 1. The number of nitrogens with zero attached hydrogens (tertiary/aromatic N) is 2. The van der Waals surface area contributed by atoms with E-state index in [0.717, 1.165) is 5.56 Å². The molecule has 2 rings (SSSR count). The molecule has 20 heavy (non-hydrogen) atoms. The zero-order chi connectivity index (χ0) is 14.8. The van der Waals surface area contributed by atoms with Crippen LogP contribution in [0.3, 0.4) is 0 Å². The van der Waals surface area contributed by atoms with Crippen LogP contribution in [0.1, 0.15) is 11.3 Å². The molecule has 8 heteroatoms. The summed E-state index contributed by atoms with van der Waals surface area (Å²) in [6.45, 7) is 1.70. The number of hydrogen-bond acceptors (Lipinski definition) is 4. The van der Waals surface area contributed by atoms with Gasteiger partial charge in [-0.25, -0.2) is 23.1 Å². The molecule has 0 bridgehead atoms. The lowest BCUT2D eigenvalue weighted by molar-refractivity contribution is 0.601. The predicted molar refractivity (Wildman–Crippen MR) is 81.7 cm³/mol. The molecule has 1 aromatic carbocycles. The van der Waals surface area contributed by atoms with Crippen LogP contribution in [0, 0.1) is 6.92 Å². The molecular formula is C12H11BrClN3O2S. The SMILES string of the molecule is Cc1cc(Cl)nc(NS(=O)(=O)c2ccc(CBr)cc2)n1. The minimum absolute atomic E-state index is 0.0421. The van der Waals surface area contributed by atoms with Crippen molar-refractivity contribution in [2.75, 3.05) is 4.72 Å². The van der Waals surface area contributed by atoms with Gasteiger partial charge >= 0.3 is 0 Å². The lowest BCUT2D eigenvalue weighted by Gasteiger charge is -2.07. The van der Waals surface area contributed by atoms with E-state index in [1.165, 1.54) is 12.1 Å². The smallest absolute Gasteiger partial charge is 0.247 e. The first-order valence-corrected chi connectivity index (χ1v) is 8.58. The van der Waals surface area contributed by atoms with E-state index in [2.05, 4.69) is 30.6 Å². The van der Waals surface area contributed by atoms with Crippen molar-refractivity contribution in [1.82, 2.24) is 9.97 Å². The third-order valence-corrected chi connectivity index (χ3v) is 4.62. The van der Waals surface area contributed by atoms with E-state index in [-0.39, 0.29) is 16.0 Å². The van der Waals surface area contributed by atoms with Crippen LogP contribution in [-0.4, -0.2) is 18.4 Å². The largest absolute Gasteiger partial charge is 0.264 e. The maximum atomic E-state index is 12.2. The summed E-state index contributed by atoms with van der Waals surface area (Å²) in [5.41, 5.74) is 1.57. The molecule has 1 heterocycles. The van der Waals surface area contributed by atoms with Gasteiger partial charge in [0.05, 0.1) is 4.90 Å². The Bertz CT molecular complexity index is 700. The van der Waals surface area contributed by atoms with Crippen LogP contribution in [0.4, 0.5) is 5.95 Å². The van der Waals surface area contributed by atoms with E-state index >= 15 is 0 Å². The van der Waals surface area contributed by atoms with Gasteiger partial charge in [0.2, 0.25) is 5.95 Å². The van der Waals surface area contributed by atoms with Crippen molar-refractivity contribution in [3.63, 3.8) is 0 Å². The number of halogens is 2. The van der Waals surface area contributed by atoms with E-state index in [1.54, 1.807) is 25.1 Å². The van der Waals surface area contributed by atoms with Crippen LogP contribution in [0.25, 0.3) is 0 Å². The van der Waals surface area contributed by atoms with Crippen molar-refractivity contribution in [2.24, 2.45) is 0 Å². The highest BCUT2D eigenvalue weighted by molar-refractivity contribution is 9.08. The molecule has 2 aromatic rings. The fraction of sp³-hybridized carbons (Fsp3) is 0.167. The van der Waals surface area contributed by atoms with Crippen LogP contribution >= 0.6 is 27.5 Å². The Hall–Kier alpha value is -1.18. The van der Waals surface area contributed by atoms with Gasteiger partial charge in [-0.1, -0.05) is 39.7 Å². The Morgan fingerprint density at radius 2 is 1.90 bits per heavy atom. The number of aryl methyl sites for hydroxylation is 1. The van der Waals surface area contributed by atoms with Gasteiger partial charge in [-0.15, -0.1) is 0 Å². The monoisotopic (exact) mass is 375 g/mol. The van der Waals surface area contributed by atoms with Gasteiger partial charge in [0.15, 0.2) is 0 Å². The van der Waals surface area contributed by atoms with E-state index in [4.69, 9.17) is 11.6 Å². The molecule has 0 saturated heterocycles. The average Bonchev–Trinajstić information content (AvgIpc) is 2.37. The van der Waals surface area contributed by atoms with Crippen molar-refractivity contribution in [1.29, 1.82) is 0 Å². The molecule has 0 aliphatic rings. The lowest BCUT2D eigenvalue weighted by Crippen LogP contribution is -2.15. The van der Waals surface area contributed by atoms with Crippen molar-refractivity contribution in [2.45, 2.75) is 17.1 Å². The van der Waals surface area contributed by atoms with Gasteiger partial charge < -0.3 is 0 Å². The molecule has 0 fully saturated rings. The molecule has 1 aromatic heterocycles. The van der Waals surface area contributed by atoms with E-state index in [0.29, 0.717) is 11.0 Å². The van der Waals surface area contributed by atoms with Crippen LogP contribution in [-0.2, 0) is 15.4 Å². The Kier molecular flexibility index (Phi) is 4.62. The molecular weight excluding hydrogens is 366 g/mol. The molecule has 0 aliphatic carbocycles. The van der Waals surface area contributed by atoms with Crippen molar-refractivity contribution < 1.29 is 8.42 Å². The molecule has 106 valence electrons. The summed E-state index contributed by atoms with van der Waals surface area (Å²) in [6.07, 6.45) is 0. The molecule has 0 radical (unpaired) electrons. The fourth-order valence-electron chi connectivity index (χ4n) is 1.51. The summed E-state index contributed by atoms with van der Waals surface area (Å²) in [4.78, 5) is 7.96. The lowest BCUT2D eigenvalue weighted by atomic mass is 10.2. The summed E-state index contributed by atoms with van der Waals surface area (Å²) in [7, 11) is -3.72. The number of rotatable bonds is 4. The molecule has 0 saturated carbocycles. The summed E-state index contributed by atoms with van der Waals surface area (Å²) < 4.78 is 26.7. The Balaban J connectivity index is 2.30. The Morgan fingerprint density at radius 3 is 2.45 bits per heavy atom. The summed E-state index contributed by atoms with van der Waals surface area (Å²) >= 11 is 9.08. The Labute approximate surface area is 130 Å². The first-order valence-electron chi connectivity index (χ1n) is 5.59. The highest BCUT2D eigenvalue weighted by Gasteiger charge is 2.16. The number of nitrogens with one attached hydrogen (secondary N) is 1. The van der Waals surface area contributed by atoms with Crippen molar-refractivity contribution in [3.8, 4) is 0 Å². The van der Waals surface area contributed by atoms with Gasteiger partial charge in [0, 0.05) is 11.0 Å². The number of aromatic nitrogens is 2. The maximum absolute atomic E-state index is 12.2. The molecule has 5 nitrogen and oxygen atoms in total. The van der Waals surface area contributed by atoms with Crippen molar-refractivity contribution in [3.05, 3.63) is 46.7 Å². The zero-order valence-electron chi connectivity index (χ0n) is 10.5. The quantitative estimate of drug-likeness (QED) is 0.657. The molecule has 0 aliphatic heterocycles. The molecule has 0 amide bonds. The fourth-order valence-corrected chi connectivity index (χ4v) is 3.07. The third kappa shape index (κ3) is 3.68. The second kappa shape index (κ2) is 6.07. The maximum Gasteiger partial charge on any atom is 0.264 e. The highest BCUT2D eigenvalue weighted by Crippen LogP contribution is 2.17. The molecule has 0 unspecified atom stereocenters.